The van der Waals surface area contributed by atoms with Crippen LogP contribution in [0.5, 0.6) is 0 Å². The molecule has 0 aromatic carbocycles. The molecule has 0 spiro atoms. The van der Waals surface area contributed by atoms with Crippen LogP contribution >= 0.6 is 0 Å². The Labute approximate surface area is 100 Å². The standard InChI is InChI=1S/C12H17NO4/c1-12(2,3)17-11(16)13-8-5-4-7(6-8)9(13)10(14)15/h4-5,7-9H,6H2,1-3H3,(H,14,15)/t7-,8-,9+/m0/s1. The molecule has 5 nitrogen and oxygen atoms in total. The van der Waals surface area contributed by atoms with Crippen LogP contribution in [-0.2, 0) is 9.53 Å². The largest absolute Gasteiger partial charge is 0.480 e. The monoisotopic (exact) mass is 239 g/mol. The van der Waals surface area contributed by atoms with Gasteiger partial charge in [0, 0.05) is 5.92 Å². The number of carboxylic acids is 1. The lowest BCUT2D eigenvalue weighted by atomic mass is 10.0. The highest BCUT2D eigenvalue weighted by molar-refractivity contribution is 5.82. The summed E-state index contributed by atoms with van der Waals surface area (Å²) in [6, 6.07) is -0.907. The molecule has 94 valence electrons. The average molecular weight is 239 g/mol. The van der Waals surface area contributed by atoms with Gasteiger partial charge in [-0.3, -0.25) is 4.90 Å². The molecule has 1 N–H and O–H groups in total. The summed E-state index contributed by atoms with van der Waals surface area (Å²) in [6.07, 6.45) is 3.91. The maximum atomic E-state index is 12.0. The number of carboxylic acid groups (broad SMARTS) is 1. The number of ether oxygens (including phenoxy) is 1. The third kappa shape index (κ3) is 2.14. The van der Waals surface area contributed by atoms with E-state index in [0.717, 1.165) is 0 Å². The fourth-order valence-corrected chi connectivity index (χ4v) is 2.43. The maximum Gasteiger partial charge on any atom is 0.411 e. The van der Waals surface area contributed by atoms with Crippen LogP contribution in [0.1, 0.15) is 27.2 Å². The first-order valence-electron chi connectivity index (χ1n) is 5.72. The number of carbonyl (C=O) groups is 2. The average Bonchev–Trinajstić information content (AvgIpc) is 2.72. The van der Waals surface area contributed by atoms with Gasteiger partial charge in [-0.15, -0.1) is 0 Å². The van der Waals surface area contributed by atoms with Crippen molar-refractivity contribution in [2.45, 2.75) is 44.9 Å². The summed E-state index contributed by atoms with van der Waals surface area (Å²) in [7, 11) is 0. The molecule has 2 rings (SSSR count). The van der Waals surface area contributed by atoms with E-state index >= 15 is 0 Å². The Balaban J connectivity index is 2.17. The molecule has 0 unspecified atom stereocenters. The number of amides is 1. The zero-order valence-electron chi connectivity index (χ0n) is 10.2. The van der Waals surface area contributed by atoms with Crippen molar-refractivity contribution in [3.05, 3.63) is 12.2 Å². The van der Waals surface area contributed by atoms with Crippen molar-refractivity contribution < 1.29 is 19.4 Å². The van der Waals surface area contributed by atoms with E-state index in [9.17, 15) is 9.59 Å². The van der Waals surface area contributed by atoms with Gasteiger partial charge in [0.15, 0.2) is 0 Å². The van der Waals surface area contributed by atoms with Crippen LogP contribution in [0.2, 0.25) is 0 Å². The van der Waals surface area contributed by atoms with Crippen molar-refractivity contribution in [2.24, 2.45) is 5.92 Å². The minimum Gasteiger partial charge on any atom is -0.480 e. The number of rotatable bonds is 1. The predicted octanol–water partition coefficient (Wildman–Crippen LogP) is 1.64. The van der Waals surface area contributed by atoms with Crippen molar-refractivity contribution in [1.82, 2.24) is 4.90 Å². The fourth-order valence-electron chi connectivity index (χ4n) is 2.43. The van der Waals surface area contributed by atoms with Gasteiger partial charge in [0.2, 0.25) is 0 Å². The molecule has 1 aliphatic heterocycles. The van der Waals surface area contributed by atoms with Crippen molar-refractivity contribution >= 4 is 12.1 Å². The molecule has 1 aliphatic carbocycles. The van der Waals surface area contributed by atoms with Gasteiger partial charge in [0.25, 0.3) is 0 Å². The molecule has 0 aromatic rings. The van der Waals surface area contributed by atoms with E-state index < -0.39 is 23.7 Å². The second kappa shape index (κ2) is 3.75. The van der Waals surface area contributed by atoms with Gasteiger partial charge in [-0.1, -0.05) is 12.2 Å². The molecule has 3 atom stereocenters. The summed E-state index contributed by atoms with van der Waals surface area (Å²) in [5.41, 5.74) is -0.605. The van der Waals surface area contributed by atoms with Gasteiger partial charge in [0.05, 0.1) is 6.04 Å². The van der Waals surface area contributed by atoms with Crippen LogP contribution in [0, 0.1) is 5.92 Å². The third-order valence-electron chi connectivity index (χ3n) is 3.01. The predicted molar refractivity (Wildman–Crippen MR) is 60.5 cm³/mol. The van der Waals surface area contributed by atoms with E-state index in [1.807, 2.05) is 12.2 Å². The van der Waals surface area contributed by atoms with E-state index in [2.05, 4.69) is 0 Å². The molecule has 5 heteroatoms. The van der Waals surface area contributed by atoms with Gasteiger partial charge in [-0.05, 0) is 27.2 Å². The molecule has 1 fully saturated rings. The summed E-state index contributed by atoms with van der Waals surface area (Å²) < 4.78 is 5.24. The smallest absolute Gasteiger partial charge is 0.411 e. The Morgan fingerprint density at radius 1 is 1.35 bits per heavy atom. The number of likely N-dealkylation sites (tertiary alicyclic amines) is 1. The van der Waals surface area contributed by atoms with Crippen LogP contribution in [0.3, 0.4) is 0 Å². The SMILES string of the molecule is CC(C)(C)OC(=O)N1[C@H]2C=C[C@@H](C2)[C@@H]1C(=O)O. The van der Waals surface area contributed by atoms with Crippen LogP contribution in [0.25, 0.3) is 0 Å². The van der Waals surface area contributed by atoms with Gasteiger partial charge < -0.3 is 9.84 Å². The van der Waals surface area contributed by atoms with E-state index in [0.29, 0.717) is 6.42 Å². The molecule has 2 bridgehead atoms. The first-order chi connectivity index (χ1) is 7.79. The molecule has 1 heterocycles. The molecule has 17 heavy (non-hydrogen) atoms. The van der Waals surface area contributed by atoms with Crippen molar-refractivity contribution in [3.63, 3.8) is 0 Å². The second-order valence-corrected chi connectivity index (χ2v) is 5.52. The number of hydrogen-bond acceptors (Lipinski definition) is 3. The van der Waals surface area contributed by atoms with E-state index in [1.165, 1.54) is 4.90 Å². The Morgan fingerprint density at radius 2 is 2.00 bits per heavy atom. The fraction of sp³-hybridized carbons (Fsp3) is 0.667. The highest BCUT2D eigenvalue weighted by atomic mass is 16.6. The second-order valence-electron chi connectivity index (χ2n) is 5.52. The lowest BCUT2D eigenvalue weighted by molar-refractivity contribution is -0.143. The lowest BCUT2D eigenvalue weighted by Gasteiger charge is -2.32. The minimum atomic E-state index is -0.965. The summed E-state index contributed by atoms with van der Waals surface area (Å²) in [5, 5.41) is 9.17. The van der Waals surface area contributed by atoms with Crippen molar-refractivity contribution in [3.8, 4) is 0 Å². The molecule has 1 amide bonds. The molecule has 0 radical (unpaired) electrons. The van der Waals surface area contributed by atoms with Crippen molar-refractivity contribution in [2.75, 3.05) is 0 Å². The minimum absolute atomic E-state index is 0.0787. The van der Waals surface area contributed by atoms with Crippen LogP contribution in [-0.4, -0.2) is 39.8 Å². The molecule has 1 saturated heterocycles. The topological polar surface area (TPSA) is 66.8 Å². The Kier molecular flexibility index (Phi) is 2.64. The molecule has 0 saturated carbocycles. The first-order valence-corrected chi connectivity index (χ1v) is 5.72. The zero-order chi connectivity index (χ0) is 12.8. The van der Waals surface area contributed by atoms with Crippen LogP contribution in [0.4, 0.5) is 4.79 Å². The number of nitrogens with zero attached hydrogens (tertiary/aromatic N) is 1. The Bertz CT molecular complexity index is 382. The number of carbonyl (C=O) groups excluding carboxylic acids is 1. The van der Waals surface area contributed by atoms with Crippen LogP contribution < -0.4 is 0 Å². The molecular formula is C12H17NO4. The summed E-state index contributed by atoms with van der Waals surface area (Å²) >= 11 is 0. The maximum absolute atomic E-state index is 12.0. The normalized spacial score (nSPS) is 30.8. The zero-order valence-corrected chi connectivity index (χ0v) is 10.2. The van der Waals surface area contributed by atoms with Crippen LogP contribution in [0.15, 0.2) is 12.2 Å². The summed E-state index contributed by atoms with van der Waals surface area (Å²) in [5.74, 6) is -1.04. The van der Waals surface area contributed by atoms with Gasteiger partial charge in [-0.25, -0.2) is 9.59 Å². The third-order valence-corrected chi connectivity index (χ3v) is 3.01. The lowest BCUT2D eigenvalue weighted by Crippen LogP contribution is -2.49. The molecule has 0 aromatic heterocycles. The summed E-state index contributed by atoms with van der Waals surface area (Å²) in [6.45, 7) is 5.31. The van der Waals surface area contributed by atoms with Gasteiger partial charge >= 0.3 is 12.1 Å². The highest BCUT2D eigenvalue weighted by Crippen LogP contribution is 2.38. The molecular weight excluding hydrogens is 222 g/mol. The van der Waals surface area contributed by atoms with Gasteiger partial charge in [0.1, 0.15) is 11.6 Å². The highest BCUT2D eigenvalue weighted by Gasteiger charge is 2.50. The van der Waals surface area contributed by atoms with E-state index in [1.54, 1.807) is 20.8 Å². The summed E-state index contributed by atoms with van der Waals surface area (Å²) in [4.78, 5) is 24.5. The van der Waals surface area contributed by atoms with E-state index in [-0.39, 0.29) is 12.0 Å². The Morgan fingerprint density at radius 3 is 2.53 bits per heavy atom. The first kappa shape index (κ1) is 12.0. The number of hydrogen-bond donors (Lipinski definition) is 1. The quantitative estimate of drug-likeness (QED) is 0.706. The number of aliphatic carboxylic acids is 1. The van der Waals surface area contributed by atoms with Gasteiger partial charge in [-0.2, -0.15) is 0 Å². The molecule has 2 aliphatic rings. The van der Waals surface area contributed by atoms with Crippen molar-refractivity contribution in [1.29, 1.82) is 0 Å². The van der Waals surface area contributed by atoms with E-state index in [4.69, 9.17) is 9.84 Å². The Hall–Kier alpha value is -1.52. The number of fused-ring (bicyclic) bond motifs is 2.